The number of hydrogen-bond donors (Lipinski definition) is 2. The average molecular weight is 204 g/mol. The first-order valence-corrected chi connectivity index (χ1v) is 4.33. The lowest BCUT2D eigenvalue weighted by molar-refractivity contribution is 0.424. The zero-order valence-corrected chi connectivity index (χ0v) is 7.76. The Kier molecular flexibility index (Phi) is 3.51. The van der Waals surface area contributed by atoms with Gasteiger partial charge in [0.2, 0.25) is 0 Å². The minimum atomic E-state index is -0.507. The molecule has 3 N–H and O–H groups in total. The summed E-state index contributed by atoms with van der Waals surface area (Å²) in [5.74, 6) is 0.0605. The highest BCUT2D eigenvalue weighted by atomic mass is 35.5. The second-order valence-corrected chi connectivity index (χ2v) is 3.22. The Hall–Kier alpha value is -0.800. The van der Waals surface area contributed by atoms with Gasteiger partial charge in [-0.2, -0.15) is 0 Å². The molecule has 1 aromatic carbocycles. The Morgan fingerprint density at radius 2 is 2.23 bits per heavy atom. The molecule has 1 aromatic rings. The van der Waals surface area contributed by atoms with Gasteiger partial charge in [0.1, 0.15) is 5.75 Å². The van der Waals surface area contributed by atoms with Crippen molar-refractivity contribution in [3.05, 3.63) is 28.8 Å². The number of phenolic OH excluding ortho intramolecular Hbond substituents is 1. The van der Waals surface area contributed by atoms with E-state index in [4.69, 9.17) is 17.3 Å². The number of rotatable bonds is 3. The number of aromatic hydroxyl groups is 1. The van der Waals surface area contributed by atoms with Gasteiger partial charge in [-0.25, -0.2) is 0 Å². The Balaban J connectivity index is 2.91. The predicted octanol–water partition coefficient (Wildman–Crippen LogP) is 2.41. The molecule has 0 bridgehead atoms. The molecule has 0 fully saturated rings. The Morgan fingerprint density at radius 3 is 2.85 bits per heavy atom. The van der Waals surface area contributed by atoms with E-state index >= 15 is 0 Å². The molecule has 0 saturated carbocycles. The van der Waals surface area contributed by atoms with E-state index in [-0.39, 0.29) is 12.2 Å². The van der Waals surface area contributed by atoms with Crippen LogP contribution in [0.15, 0.2) is 18.2 Å². The monoisotopic (exact) mass is 203 g/mol. The molecule has 72 valence electrons. The molecule has 2 nitrogen and oxygen atoms in total. The van der Waals surface area contributed by atoms with Gasteiger partial charge in [0, 0.05) is 16.6 Å². The van der Waals surface area contributed by atoms with Crippen LogP contribution in [0.25, 0.3) is 0 Å². The SMILES string of the molecule is N[C@@H](CCF)c1cc(Cl)ccc1O. The summed E-state index contributed by atoms with van der Waals surface area (Å²) in [4.78, 5) is 0. The van der Waals surface area contributed by atoms with Crippen molar-refractivity contribution in [3.63, 3.8) is 0 Å². The summed E-state index contributed by atoms with van der Waals surface area (Å²) in [7, 11) is 0. The van der Waals surface area contributed by atoms with Crippen molar-refractivity contribution < 1.29 is 9.50 Å². The lowest BCUT2D eigenvalue weighted by Gasteiger charge is -2.11. The van der Waals surface area contributed by atoms with Crippen LogP contribution in [0.1, 0.15) is 18.0 Å². The Morgan fingerprint density at radius 1 is 1.54 bits per heavy atom. The lowest BCUT2D eigenvalue weighted by atomic mass is 10.0. The van der Waals surface area contributed by atoms with E-state index in [0.29, 0.717) is 10.6 Å². The fourth-order valence-electron chi connectivity index (χ4n) is 1.10. The summed E-state index contributed by atoms with van der Waals surface area (Å²) >= 11 is 5.70. The van der Waals surface area contributed by atoms with Crippen LogP contribution in [-0.2, 0) is 0 Å². The second kappa shape index (κ2) is 4.44. The third-order valence-electron chi connectivity index (χ3n) is 1.81. The van der Waals surface area contributed by atoms with Gasteiger partial charge in [0.05, 0.1) is 6.67 Å². The molecule has 0 saturated heterocycles. The van der Waals surface area contributed by atoms with Gasteiger partial charge in [-0.05, 0) is 24.6 Å². The summed E-state index contributed by atoms with van der Waals surface area (Å²) in [6.45, 7) is -0.507. The average Bonchev–Trinajstić information content (AvgIpc) is 2.09. The maximum atomic E-state index is 12.0. The third kappa shape index (κ3) is 2.57. The first-order valence-electron chi connectivity index (χ1n) is 3.95. The van der Waals surface area contributed by atoms with Gasteiger partial charge in [-0.3, -0.25) is 4.39 Å². The molecule has 0 heterocycles. The second-order valence-electron chi connectivity index (χ2n) is 2.79. The van der Waals surface area contributed by atoms with Crippen LogP contribution in [0.4, 0.5) is 4.39 Å². The highest BCUT2D eigenvalue weighted by Gasteiger charge is 2.10. The minimum Gasteiger partial charge on any atom is -0.508 e. The topological polar surface area (TPSA) is 46.2 Å². The summed E-state index contributed by atoms with van der Waals surface area (Å²) in [6.07, 6.45) is 0.188. The van der Waals surface area contributed by atoms with Gasteiger partial charge in [-0.15, -0.1) is 0 Å². The molecule has 0 aliphatic rings. The van der Waals surface area contributed by atoms with E-state index in [9.17, 15) is 9.50 Å². The quantitative estimate of drug-likeness (QED) is 0.793. The highest BCUT2D eigenvalue weighted by molar-refractivity contribution is 6.30. The third-order valence-corrected chi connectivity index (χ3v) is 2.04. The summed E-state index contributed by atoms with van der Waals surface area (Å²) in [6, 6.07) is 4.07. The van der Waals surface area contributed by atoms with Crippen LogP contribution in [0.5, 0.6) is 5.75 Å². The number of halogens is 2. The molecular weight excluding hydrogens is 193 g/mol. The van der Waals surface area contributed by atoms with Gasteiger partial charge in [0.15, 0.2) is 0 Å². The van der Waals surface area contributed by atoms with Crippen molar-refractivity contribution in [3.8, 4) is 5.75 Å². The largest absolute Gasteiger partial charge is 0.508 e. The van der Waals surface area contributed by atoms with Crippen molar-refractivity contribution in [1.29, 1.82) is 0 Å². The van der Waals surface area contributed by atoms with Crippen LogP contribution in [0.3, 0.4) is 0 Å². The molecule has 0 unspecified atom stereocenters. The van der Waals surface area contributed by atoms with Crippen molar-refractivity contribution in [2.45, 2.75) is 12.5 Å². The molecule has 1 rings (SSSR count). The highest BCUT2D eigenvalue weighted by Crippen LogP contribution is 2.27. The molecule has 0 aliphatic carbocycles. The lowest BCUT2D eigenvalue weighted by Crippen LogP contribution is -2.11. The molecule has 13 heavy (non-hydrogen) atoms. The standard InChI is InChI=1S/C9H11ClFNO/c10-6-1-2-9(13)7(5-6)8(12)3-4-11/h1-2,5,8,13H,3-4,12H2/t8-/m0/s1. The Bertz CT molecular complexity index is 293. The maximum absolute atomic E-state index is 12.0. The van der Waals surface area contributed by atoms with Gasteiger partial charge in [0.25, 0.3) is 0 Å². The number of hydrogen-bond acceptors (Lipinski definition) is 2. The smallest absolute Gasteiger partial charge is 0.120 e. The number of benzene rings is 1. The summed E-state index contributed by atoms with van der Waals surface area (Å²) < 4.78 is 12.0. The zero-order valence-electron chi connectivity index (χ0n) is 7.00. The van der Waals surface area contributed by atoms with Gasteiger partial charge >= 0.3 is 0 Å². The molecule has 0 radical (unpaired) electrons. The van der Waals surface area contributed by atoms with E-state index in [0.717, 1.165) is 0 Å². The van der Waals surface area contributed by atoms with E-state index in [1.54, 1.807) is 12.1 Å². The number of phenols is 1. The predicted molar refractivity (Wildman–Crippen MR) is 50.6 cm³/mol. The number of nitrogens with two attached hydrogens (primary N) is 1. The first kappa shape index (κ1) is 10.3. The molecule has 4 heteroatoms. The summed E-state index contributed by atoms with van der Waals surface area (Å²) in [5, 5.41) is 9.86. The van der Waals surface area contributed by atoms with Crippen LogP contribution in [0, 0.1) is 0 Å². The van der Waals surface area contributed by atoms with E-state index < -0.39 is 12.7 Å². The Labute approximate surface area is 81.1 Å². The van der Waals surface area contributed by atoms with Crippen molar-refractivity contribution >= 4 is 11.6 Å². The molecular formula is C9H11ClFNO. The molecule has 1 atom stereocenters. The maximum Gasteiger partial charge on any atom is 0.120 e. The van der Waals surface area contributed by atoms with E-state index in [1.807, 2.05) is 0 Å². The first-order chi connectivity index (χ1) is 6.15. The zero-order chi connectivity index (χ0) is 9.84. The minimum absolute atomic E-state index is 0.0605. The molecule has 0 aliphatic heterocycles. The van der Waals surface area contributed by atoms with Gasteiger partial charge in [-0.1, -0.05) is 11.6 Å². The molecule has 0 amide bonds. The van der Waals surface area contributed by atoms with Crippen molar-refractivity contribution in [2.75, 3.05) is 6.67 Å². The van der Waals surface area contributed by atoms with E-state index in [1.165, 1.54) is 6.07 Å². The fourth-order valence-corrected chi connectivity index (χ4v) is 1.28. The van der Waals surface area contributed by atoms with Crippen LogP contribution in [0.2, 0.25) is 5.02 Å². The van der Waals surface area contributed by atoms with Crippen LogP contribution < -0.4 is 5.73 Å². The van der Waals surface area contributed by atoms with E-state index in [2.05, 4.69) is 0 Å². The van der Waals surface area contributed by atoms with Crippen molar-refractivity contribution in [2.24, 2.45) is 5.73 Å². The normalized spacial score (nSPS) is 12.8. The van der Waals surface area contributed by atoms with Crippen molar-refractivity contribution in [1.82, 2.24) is 0 Å². The van der Waals surface area contributed by atoms with Crippen LogP contribution >= 0.6 is 11.6 Å². The fraction of sp³-hybridized carbons (Fsp3) is 0.333. The van der Waals surface area contributed by atoms with Crippen LogP contribution in [-0.4, -0.2) is 11.8 Å². The molecule has 0 aromatic heterocycles. The van der Waals surface area contributed by atoms with Gasteiger partial charge < -0.3 is 10.8 Å². The molecule has 0 spiro atoms. The number of alkyl halides is 1. The summed E-state index contributed by atoms with van der Waals surface area (Å²) in [5.41, 5.74) is 6.11.